The normalized spacial score (nSPS) is 10.9. The van der Waals surface area contributed by atoms with Gasteiger partial charge in [-0.05, 0) is 143 Å². The van der Waals surface area contributed by atoms with Crippen molar-refractivity contribution in [2.45, 2.75) is 71.1 Å². The maximum absolute atomic E-state index is 13.9. The lowest BCUT2D eigenvalue weighted by Crippen LogP contribution is -2.18. The molecule has 0 atom stereocenters. The van der Waals surface area contributed by atoms with Crippen molar-refractivity contribution in [2.24, 2.45) is 10.2 Å². The molecule has 5 aromatic carbocycles. The Morgan fingerprint density at radius 2 is 0.944 bits per heavy atom. The van der Waals surface area contributed by atoms with Crippen molar-refractivity contribution in [1.29, 1.82) is 0 Å². The first-order chi connectivity index (χ1) is 34.7. The number of hydrogen-bond donors (Lipinski definition) is 0. The van der Waals surface area contributed by atoms with Crippen LogP contribution in [0, 0.1) is 0 Å². The Hall–Kier alpha value is -8.00. The number of hydrazone groups is 2. The molecule has 14 heteroatoms. The number of hydrogen-bond acceptors (Lipinski definition) is 14. The highest BCUT2D eigenvalue weighted by Gasteiger charge is 2.19. The van der Waals surface area contributed by atoms with E-state index in [1.54, 1.807) is 85.1 Å². The molecule has 0 aromatic heterocycles. The SMILES string of the molecule is C=CC(=O)OCCCCCCOc1ccc(C(=O)Oc2cc(/C=N/N(CCCC)c3ccccc3)c(OC(=O)c3ccc(OCCCCCCOC(=O)C=C)cc3)cc2/C=N/N(C)c2ccccc2)cc1. The van der Waals surface area contributed by atoms with Crippen molar-refractivity contribution in [3.63, 3.8) is 0 Å². The Labute approximate surface area is 417 Å². The molecule has 0 bridgehead atoms. The summed E-state index contributed by atoms with van der Waals surface area (Å²) in [5.41, 5.74) is 2.98. The van der Waals surface area contributed by atoms with E-state index in [-0.39, 0.29) is 22.6 Å². The molecule has 0 aliphatic heterocycles. The Morgan fingerprint density at radius 1 is 0.521 bits per heavy atom. The lowest BCUT2D eigenvalue weighted by Gasteiger charge is -2.19. The number of anilines is 2. The molecule has 0 unspecified atom stereocenters. The van der Waals surface area contributed by atoms with E-state index in [1.165, 1.54) is 0 Å². The minimum Gasteiger partial charge on any atom is -0.494 e. The second kappa shape index (κ2) is 30.5. The number of benzene rings is 5. The van der Waals surface area contributed by atoms with Crippen LogP contribution in [0.5, 0.6) is 23.0 Å². The average Bonchev–Trinajstić information content (AvgIpc) is 3.40. The van der Waals surface area contributed by atoms with Crippen LogP contribution in [0.3, 0.4) is 0 Å². The first-order valence-corrected chi connectivity index (χ1v) is 24.0. The van der Waals surface area contributed by atoms with Crippen LogP contribution in [0.1, 0.15) is 103 Å². The summed E-state index contributed by atoms with van der Waals surface area (Å²) in [6.45, 7) is 11.2. The molecule has 0 aliphatic carbocycles. The number of ether oxygens (including phenoxy) is 6. The molecule has 71 heavy (non-hydrogen) atoms. The van der Waals surface area contributed by atoms with Gasteiger partial charge in [0.2, 0.25) is 0 Å². The average molecular weight is 965 g/mol. The van der Waals surface area contributed by atoms with Gasteiger partial charge in [-0.1, -0.05) is 62.9 Å². The van der Waals surface area contributed by atoms with Gasteiger partial charge in [-0.2, -0.15) is 10.2 Å². The van der Waals surface area contributed by atoms with E-state index < -0.39 is 23.9 Å². The van der Waals surface area contributed by atoms with Gasteiger partial charge in [-0.3, -0.25) is 10.0 Å². The first-order valence-electron chi connectivity index (χ1n) is 24.0. The van der Waals surface area contributed by atoms with Crippen LogP contribution >= 0.6 is 0 Å². The number of rotatable bonds is 31. The summed E-state index contributed by atoms with van der Waals surface area (Å²) in [6, 6.07) is 35.9. The number of para-hydroxylation sites is 2. The Morgan fingerprint density at radius 3 is 1.38 bits per heavy atom. The molecule has 5 aromatic rings. The highest BCUT2D eigenvalue weighted by Crippen LogP contribution is 2.30. The molecule has 0 N–H and O–H groups in total. The largest absolute Gasteiger partial charge is 0.494 e. The maximum atomic E-state index is 13.9. The van der Waals surface area contributed by atoms with E-state index in [0.29, 0.717) is 55.6 Å². The Balaban J connectivity index is 1.37. The zero-order valence-corrected chi connectivity index (χ0v) is 40.7. The lowest BCUT2D eigenvalue weighted by atomic mass is 10.1. The van der Waals surface area contributed by atoms with Gasteiger partial charge in [0.1, 0.15) is 23.0 Å². The molecule has 14 nitrogen and oxygen atoms in total. The monoisotopic (exact) mass is 964 g/mol. The smallest absolute Gasteiger partial charge is 0.343 e. The molecule has 0 saturated carbocycles. The molecule has 0 saturated heterocycles. The predicted molar refractivity (Wildman–Crippen MR) is 278 cm³/mol. The number of esters is 4. The van der Waals surface area contributed by atoms with E-state index in [2.05, 4.69) is 25.2 Å². The molecular formula is C57H64N4O10. The lowest BCUT2D eigenvalue weighted by molar-refractivity contribution is -0.138. The van der Waals surface area contributed by atoms with Crippen LogP contribution < -0.4 is 29.0 Å². The second-order valence-electron chi connectivity index (χ2n) is 16.2. The summed E-state index contributed by atoms with van der Waals surface area (Å²) >= 11 is 0. The fraction of sp³-hybridized carbons (Fsp3) is 0.298. The van der Waals surface area contributed by atoms with Gasteiger partial charge in [0.05, 0.1) is 61.4 Å². The van der Waals surface area contributed by atoms with E-state index in [9.17, 15) is 19.2 Å². The van der Waals surface area contributed by atoms with Crippen molar-refractivity contribution in [3.05, 3.63) is 169 Å². The quantitative estimate of drug-likeness (QED) is 0.0104. The van der Waals surface area contributed by atoms with Crippen LogP contribution in [-0.4, -0.2) is 76.3 Å². The highest BCUT2D eigenvalue weighted by atomic mass is 16.5. The topological polar surface area (TPSA) is 155 Å². The third kappa shape index (κ3) is 19.1. The van der Waals surface area contributed by atoms with Gasteiger partial charge in [-0.25, -0.2) is 19.2 Å². The molecule has 0 heterocycles. The Bertz CT molecular complexity index is 2510. The van der Waals surface area contributed by atoms with Crippen molar-refractivity contribution < 1.29 is 47.6 Å². The zero-order chi connectivity index (χ0) is 50.5. The van der Waals surface area contributed by atoms with E-state index in [0.717, 1.165) is 87.7 Å². The second-order valence-corrected chi connectivity index (χ2v) is 16.2. The minimum absolute atomic E-state index is 0.151. The first kappa shape index (κ1) is 53.9. The third-order valence-corrected chi connectivity index (χ3v) is 10.8. The maximum Gasteiger partial charge on any atom is 0.343 e. The van der Waals surface area contributed by atoms with Gasteiger partial charge in [0.25, 0.3) is 0 Å². The van der Waals surface area contributed by atoms with Crippen LogP contribution in [0.2, 0.25) is 0 Å². The van der Waals surface area contributed by atoms with E-state index in [4.69, 9.17) is 33.5 Å². The van der Waals surface area contributed by atoms with Crippen LogP contribution in [0.25, 0.3) is 0 Å². The van der Waals surface area contributed by atoms with Crippen molar-refractivity contribution in [1.82, 2.24) is 0 Å². The van der Waals surface area contributed by atoms with Gasteiger partial charge >= 0.3 is 23.9 Å². The fourth-order valence-electron chi connectivity index (χ4n) is 6.77. The molecule has 372 valence electrons. The van der Waals surface area contributed by atoms with Crippen LogP contribution in [-0.2, 0) is 19.1 Å². The van der Waals surface area contributed by atoms with E-state index >= 15 is 0 Å². The standard InChI is InChI=1S/C57H64N4O10/c1-5-8-35-61(49-25-17-14-18-26-49)59-43-47-41-52(70-56(64)44-27-31-50(32-28-44)66-36-19-9-11-21-38-68-54(62)6-2)46(42-58-60(4)48-23-15-13-16-24-48)40-53(47)71-57(65)45-29-33-51(34-30-45)67-37-20-10-12-22-39-69-55(63)7-3/h6-7,13-18,23-34,40-43H,2-3,5,8-12,19-22,35-39H2,1,4H3/b58-42+,59-43+. The van der Waals surface area contributed by atoms with Crippen LogP contribution in [0.15, 0.2) is 157 Å². The molecule has 0 fully saturated rings. The summed E-state index contributed by atoms with van der Waals surface area (Å²) in [4.78, 5) is 50.3. The number of carbonyl (C=O) groups is 4. The molecule has 0 spiro atoms. The molecule has 0 radical (unpaired) electrons. The summed E-state index contributed by atoms with van der Waals surface area (Å²) < 4.78 is 34.2. The predicted octanol–water partition coefficient (Wildman–Crippen LogP) is 11.6. The number of carbonyl (C=O) groups excluding carboxylic acids is 4. The van der Waals surface area contributed by atoms with E-state index in [1.807, 2.05) is 65.7 Å². The van der Waals surface area contributed by atoms with Crippen molar-refractivity contribution >= 4 is 47.7 Å². The van der Waals surface area contributed by atoms with Gasteiger partial charge in [0.15, 0.2) is 0 Å². The fourth-order valence-corrected chi connectivity index (χ4v) is 6.77. The van der Waals surface area contributed by atoms with Gasteiger partial charge in [-0.15, -0.1) is 0 Å². The molecule has 5 rings (SSSR count). The molecule has 0 aliphatic rings. The number of unbranched alkanes of at least 4 members (excludes halogenated alkanes) is 7. The Kier molecular flexibility index (Phi) is 23.2. The molecule has 0 amide bonds. The third-order valence-electron chi connectivity index (χ3n) is 10.8. The zero-order valence-electron chi connectivity index (χ0n) is 40.7. The summed E-state index contributed by atoms with van der Waals surface area (Å²) in [5.74, 6) is -0.588. The highest BCUT2D eigenvalue weighted by molar-refractivity contribution is 5.97. The number of nitrogens with zero attached hydrogens (tertiary/aromatic N) is 4. The molecular weight excluding hydrogens is 901 g/mol. The summed E-state index contributed by atoms with van der Waals surface area (Å²) in [7, 11) is 1.79. The minimum atomic E-state index is -0.630. The van der Waals surface area contributed by atoms with Gasteiger partial charge < -0.3 is 28.4 Å². The van der Waals surface area contributed by atoms with Crippen LogP contribution in [0.4, 0.5) is 11.4 Å². The summed E-state index contributed by atoms with van der Waals surface area (Å²) in [6.07, 6.45) is 14.0. The van der Waals surface area contributed by atoms with Crippen molar-refractivity contribution in [3.8, 4) is 23.0 Å². The summed E-state index contributed by atoms with van der Waals surface area (Å²) in [5, 5.41) is 13.1. The van der Waals surface area contributed by atoms with Crippen molar-refractivity contribution in [2.75, 3.05) is 50.0 Å². The van der Waals surface area contributed by atoms with Gasteiger partial charge in [0, 0.05) is 36.9 Å².